The Balaban J connectivity index is 1.69. The second-order valence-electron chi connectivity index (χ2n) is 4.70. The first-order valence-corrected chi connectivity index (χ1v) is 7.00. The smallest absolute Gasteiger partial charge is 0.234 e. The fraction of sp³-hybridized carbons (Fsp3) is 0.200. The predicted octanol–water partition coefficient (Wildman–Crippen LogP) is 2.49. The number of nitrogens with zero attached hydrogens (tertiary/aromatic N) is 4. The molecule has 118 valence electrons. The molecule has 2 N–H and O–H groups in total. The van der Waals surface area contributed by atoms with Gasteiger partial charge in [-0.1, -0.05) is 6.07 Å². The van der Waals surface area contributed by atoms with Gasteiger partial charge in [0.25, 0.3) is 0 Å². The van der Waals surface area contributed by atoms with Crippen LogP contribution in [0.1, 0.15) is 18.7 Å². The molecule has 0 fully saturated rings. The number of aromatic amines is 1. The van der Waals surface area contributed by atoms with Gasteiger partial charge in [0.15, 0.2) is 11.6 Å². The molecule has 1 atom stereocenters. The van der Waals surface area contributed by atoms with Gasteiger partial charge in [-0.3, -0.25) is 9.97 Å². The molecule has 0 spiro atoms. The Kier molecular flexibility index (Phi) is 4.32. The van der Waals surface area contributed by atoms with E-state index in [2.05, 4.69) is 30.5 Å². The van der Waals surface area contributed by atoms with E-state index in [-0.39, 0.29) is 6.10 Å². The van der Waals surface area contributed by atoms with Crippen LogP contribution in [0.15, 0.2) is 42.9 Å². The molecule has 0 saturated heterocycles. The van der Waals surface area contributed by atoms with Gasteiger partial charge in [0, 0.05) is 12.3 Å². The van der Waals surface area contributed by atoms with Crippen molar-refractivity contribution in [2.24, 2.45) is 0 Å². The van der Waals surface area contributed by atoms with Crippen molar-refractivity contribution in [3.05, 3.63) is 48.5 Å². The van der Waals surface area contributed by atoms with E-state index in [0.717, 1.165) is 5.69 Å². The maximum Gasteiger partial charge on any atom is 0.234 e. The zero-order valence-electron chi connectivity index (χ0n) is 12.7. The summed E-state index contributed by atoms with van der Waals surface area (Å²) in [6, 6.07) is 7.39. The molecule has 0 aliphatic carbocycles. The number of methoxy groups -OCH3 is 1. The van der Waals surface area contributed by atoms with Crippen LogP contribution in [0.25, 0.3) is 0 Å². The molecular formula is C15H16N6O2. The molecule has 3 aromatic rings. The second kappa shape index (κ2) is 6.73. The van der Waals surface area contributed by atoms with Crippen LogP contribution < -0.4 is 14.8 Å². The summed E-state index contributed by atoms with van der Waals surface area (Å²) in [5, 5.41) is 9.78. The minimum Gasteiger partial charge on any atom is -0.481 e. The average molecular weight is 312 g/mol. The summed E-state index contributed by atoms with van der Waals surface area (Å²) in [6.45, 7) is 1.91. The zero-order valence-corrected chi connectivity index (χ0v) is 12.7. The summed E-state index contributed by atoms with van der Waals surface area (Å²) in [5.41, 5.74) is 0.824. The molecule has 0 saturated carbocycles. The Hall–Kier alpha value is -3.16. The lowest BCUT2D eigenvalue weighted by Gasteiger charge is -2.13. The quantitative estimate of drug-likeness (QED) is 0.721. The minimum absolute atomic E-state index is 0.230. The molecule has 3 rings (SSSR count). The summed E-state index contributed by atoms with van der Waals surface area (Å²) in [7, 11) is 1.56. The summed E-state index contributed by atoms with van der Waals surface area (Å²) < 4.78 is 10.8. The lowest BCUT2D eigenvalue weighted by atomic mass is 10.2. The summed E-state index contributed by atoms with van der Waals surface area (Å²) in [4.78, 5) is 12.7. The first-order chi connectivity index (χ1) is 11.2. The van der Waals surface area contributed by atoms with Crippen LogP contribution >= 0.6 is 0 Å². The molecule has 23 heavy (non-hydrogen) atoms. The van der Waals surface area contributed by atoms with Gasteiger partial charge in [0.1, 0.15) is 6.10 Å². The number of ether oxygens (including phenoxy) is 2. The Bertz CT molecular complexity index is 761. The number of H-pyrrole nitrogens is 1. The molecule has 0 aliphatic rings. The first-order valence-electron chi connectivity index (χ1n) is 7.00. The van der Waals surface area contributed by atoms with Crippen molar-refractivity contribution >= 4 is 11.6 Å². The molecular weight excluding hydrogens is 296 g/mol. The number of pyridine rings is 1. The van der Waals surface area contributed by atoms with Crippen molar-refractivity contribution in [3.8, 4) is 11.8 Å². The molecule has 0 radical (unpaired) electrons. The first kappa shape index (κ1) is 14.8. The number of hydrogen-bond donors (Lipinski definition) is 2. The Labute approximate surface area is 132 Å². The largest absolute Gasteiger partial charge is 0.481 e. The lowest BCUT2D eigenvalue weighted by Crippen LogP contribution is -2.07. The van der Waals surface area contributed by atoms with E-state index >= 15 is 0 Å². The lowest BCUT2D eigenvalue weighted by molar-refractivity contribution is 0.212. The molecule has 0 aromatic carbocycles. The van der Waals surface area contributed by atoms with E-state index < -0.39 is 0 Å². The zero-order chi connectivity index (χ0) is 16.1. The number of anilines is 2. The standard InChI is InChI=1S/C15H16N6O2/c1-10(11-5-3-4-6-17-11)23-15-9-16-8-13(19-15)18-12-7-14(22-2)21-20-12/h3-10H,1-2H3,(H2,18,19,20,21)/t10-/m0/s1. The van der Waals surface area contributed by atoms with E-state index in [4.69, 9.17) is 9.47 Å². The SMILES string of the molecule is COc1cc(Nc2cncc(O[C@@H](C)c3ccccn3)n2)n[nH]1. The van der Waals surface area contributed by atoms with E-state index in [1.54, 1.807) is 31.8 Å². The Morgan fingerprint density at radius 2 is 2.13 bits per heavy atom. The molecule has 0 amide bonds. The van der Waals surface area contributed by atoms with Crippen molar-refractivity contribution in [2.45, 2.75) is 13.0 Å². The third-order valence-electron chi connectivity index (χ3n) is 3.04. The number of aromatic nitrogens is 5. The predicted molar refractivity (Wildman–Crippen MR) is 83.7 cm³/mol. The normalized spacial score (nSPS) is 11.7. The highest BCUT2D eigenvalue weighted by Crippen LogP contribution is 2.21. The van der Waals surface area contributed by atoms with Crippen LogP contribution in [-0.2, 0) is 0 Å². The van der Waals surface area contributed by atoms with E-state index in [9.17, 15) is 0 Å². The van der Waals surface area contributed by atoms with Crippen molar-refractivity contribution in [1.29, 1.82) is 0 Å². The molecule has 8 heteroatoms. The van der Waals surface area contributed by atoms with Crippen LogP contribution in [0.3, 0.4) is 0 Å². The van der Waals surface area contributed by atoms with Gasteiger partial charge in [0.05, 0.1) is 25.2 Å². The van der Waals surface area contributed by atoms with Crippen LogP contribution in [0, 0.1) is 0 Å². The third kappa shape index (κ3) is 3.73. The van der Waals surface area contributed by atoms with Crippen molar-refractivity contribution in [3.63, 3.8) is 0 Å². The minimum atomic E-state index is -0.230. The highest BCUT2D eigenvalue weighted by Gasteiger charge is 2.10. The molecule has 0 bridgehead atoms. The van der Waals surface area contributed by atoms with Gasteiger partial charge in [-0.15, -0.1) is 0 Å². The number of rotatable bonds is 6. The summed E-state index contributed by atoms with van der Waals surface area (Å²) in [6.07, 6.45) is 4.63. The second-order valence-corrected chi connectivity index (χ2v) is 4.70. The van der Waals surface area contributed by atoms with Crippen molar-refractivity contribution in [2.75, 3.05) is 12.4 Å². The highest BCUT2D eigenvalue weighted by atomic mass is 16.5. The van der Waals surface area contributed by atoms with Gasteiger partial charge < -0.3 is 14.8 Å². The maximum absolute atomic E-state index is 5.78. The van der Waals surface area contributed by atoms with Crippen LogP contribution in [0.2, 0.25) is 0 Å². The van der Waals surface area contributed by atoms with Gasteiger partial charge in [-0.05, 0) is 19.1 Å². The fourth-order valence-electron chi connectivity index (χ4n) is 1.93. The third-order valence-corrected chi connectivity index (χ3v) is 3.04. The Morgan fingerprint density at radius 1 is 1.22 bits per heavy atom. The van der Waals surface area contributed by atoms with Gasteiger partial charge in [0.2, 0.25) is 11.8 Å². The number of nitrogens with one attached hydrogen (secondary N) is 2. The van der Waals surface area contributed by atoms with Gasteiger partial charge >= 0.3 is 0 Å². The maximum atomic E-state index is 5.78. The Morgan fingerprint density at radius 3 is 2.87 bits per heavy atom. The molecule has 8 nitrogen and oxygen atoms in total. The molecule has 0 aliphatic heterocycles. The van der Waals surface area contributed by atoms with Crippen LogP contribution in [0.5, 0.6) is 11.8 Å². The van der Waals surface area contributed by atoms with Crippen LogP contribution in [-0.4, -0.2) is 32.3 Å². The summed E-state index contributed by atoms with van der Waals surface area (Å²) in [5.74, 6) is 2.04. The van der Waals surface area contributed by atoms with Crippen molar-refractivity contribution < 1.29 is 9.47 Å². The summed E-state index contributed by atoms with van der Waals surface area (Å²) >= 11 is 0. The number of hydrogen-bond acceptors (Lipinski definition) is 7. The van der Waals surface area contributed by atoms with Gasteiger partial charge in [-0.25, -0.2) is 5.10 Å². The monoisotopic (exact) mass is 312 g/mol. The molecule has 3 aromatic heterocycles. The topological polar surface area (TPSA) is 97.8 Å². The fourth-order valence-corrected chi connectivity index (χ4v) is 1.93. The van der Waals surface area contributed by atoms with Crippen molar-refractivity contribution in [1.82, 2.24) is 25.1 Å². The van der Waals surface area contributed by atoms with E-state index in [1.807, 2.05) is 25.1 Å². The van der Waals surface area contributed by atoms with Gasteiger partial charge in [-0.2, -0.15) is 10.1 Å². The highest BCUT2D eigenvalue weighted by molar-refractivity contribution is 5.51. The van der Waals surface area contributed by atoms with E-state index in [0.29, 0.717) is 23.4 Å². The average Bonchev–Trinajstić information content (AvgIpc) is 3.03. The molecule has 3 heterocycles. The van der Waals surface area contributed by atoms with Crippen LogP contribution in [0.4, 0.5) is 11.6 Å². The molecule has 0 unspecified atom stereocenters. The van der Waals surface area contributed by atoms with E-state index in [1.165, 1.54) is 0 Å².